The van der Waals surface area contributed by atoms with E-state index in [0.717, 1.165) is 45.4 Å². The maximum Gasteiger partial charge on any atom is 0.153 e. The van der Waals surface area contributed by atoms with Gasteiger partial charge in [0.25, 0.3) is 0 Å². The largest absolute Gasteiger partial charge is 0.376 e. The first-order valence-electron chi connectivity index (χ1n) is 22.6. The number of hydrogen-bond acceptors (Lipinski definition) is 10. The van der Waals surface area contributed by atoms with Crippen LogP contribution < -0.4 is 32.7 Å². The van der Waals surface area contributed by atoms with Crippen molar-refractivity contribution in [2.75, 3.05) is 46.4 Å². The summed E-state index contributed by atoms with van der Waals surface area (Å²) in [6.07, 6.45) is 14.4. The highest BCUT2D eigenvalue weighted by Gasteiger charge is 2.78. The summed E-state index contributed by atoms with van der Waals surface area (Å²) >= 11 is 0. The lowest BCUT2D eigenvalue weighted by atomic mass is 9.55. The number of ketones is 1. The minimum atomic E-state index is -0.645. The van der Waals surface area contributed by atoms with Gasteiger partial charge in [-0.25, -0.2) is 0 Å². The highest BCUT2D eigenvalue weighted by Crippen LogP contribution is 2.60. The number of nitrogens with zero attached hydrogens (tertiary/aromatic N) is 2. The number of carbonyl (C=O) groups is 1. The molecule has 1 spiro atoms. The van der Waals surface area contributed by atoms with Crippen LogP contribution in [0.15, 0.2) is 0 Å². The van der Waals surface area contributed by atoms with Gasteiger partial charge in [0.05, 0.1) is 23.5 Å². The number of rotatable bonds is 13. The number of likely N-dealkylation sites (tertiary alicyclic amines) is 2. The van der Waals surface area contributed by atoms with Crippen LogP contribution in [0.1, 0.15) is 119 Å². The third-order valence-electron chi connectivity index (χ3n) is 16.1. The molecule has 0 amide bonds. The maximum atomic E-state index is 17.1. The molecule has 304 valence electrons. The first-order chi connectivity index (χ1) is 25.6. The van der Waals surface area contributed by atoms with Crippen molar-refractivity contribution in [1.29, 1.82) is 0 Å². The molecule has 6 saturated heterocycles. The summed E-state index contributed by atoms with van der Waals surface area (Å²) in [5, 5.41) is 17.3. The van der Waals surface area contributed by atoms with Gasteiger partial charge in [0.2, 0.25) is 0 Å². The fourth-order valence-corrected chi connectivity index (χ4v) is 13.8. The average molecular weight is 741 g/mol. The minimum Gasteiger partial charge on any atom is -0.376 e. The molecule has 2 bridgehead atoms. The number of likely N-dealkylation sites (N-methyl/N-ethyl adjacent to an activating group) is 1. The van der Waals surface area contributed by atoms with Gasteiger partial charge in [0.15, 0.2) is 5.78 Å². The van der Waals surface area contributed by atoms with E-state index in [9.17, 15) is 0 Å². The average Bonchev–Trinajstić information content (AvgIpc) is 3.68. The van der Waals surface area contributed by atoms with E-state index < -0.39 is 10.8 Å². The van der Waals surface area contributed by atoms with E-state index in [1.54, 1.807) is 0 Å². The highest BCUT2D eigenvalue weighted by atomic mass is 16.5. The molecule has 53 heavy (non-hydrogen) atoms. The predicted molar refractivity (Wildman–Crippen MR) is 216 cm³/mol. The SMILES string of the molecule is CCCCCC[C@H]1OC[C@@H](C)NC2C(CN3CC(CN)C3)NC3[C@H](CN)NC4[C@H](C5CCCCC5)NC5[C@H](CC(C)C)N(C)C(C1C)C5(CC)C(=O)C243. The van der Waals surface area contributed by atoms with Gasteiger partial charge in [0, 0.05) is 86.6 Å². The lowest BCUT2D eigenvalue weighted by Crippen LogP contribution is -2.68. The van der Waals surface area contributed by atoms with E-state index in [1.165, 1.54) is 57.8 Å². The van der Waals surface area contributed by atoms with Crippen molar-refractivity contribution in [3.8, 4) is 0 Å². The lowest BCUT2D eigenvalue weighted by Gasteiger charge is -2.49. The van der Waals surface area contributed by atoms with E-state index >= 15 is 4.79 Å². The van der Waals surface area contributed by atoms with Crippen LogP contribution in [0, 0.1) is 34.5 Å². The normalized spacial score (nSPS) is 45.7. The molecule has 6 aliphatic heterocycles. The van der Waals surface area contributed by atoms with Crippen molar-refractivity contribution in [3.05, 3.63) is 0 Å². The van der Waals surface area contributed by atoms with Crippen molar-refractivity contribution in [3.63, 3.8) is 0 Å². The molecule has 1 saturated carbocycles. The van der Waals surface area contributed by atoms with Gasteiger partial charge in [-0.1, -0.05) is 79.6 Å². The van der Waals surface area contributed by atoms with Crippen LogP contribution in [0.2, 0.25) is 0 Å². The molecule has 9 unspecified atom stereocenters. The van der Waals surface area contributed by atoms with Crippen LogP contribution in [0.4, 0.5) is 0 Å². The molecule has 1 aliphatic carbocycles. The Morgan fingerprint density at radius 1 is 0.887 bits per heavy atom. The molecule has 6 heterocycles. The quantitative estimate of drug-likeness (QED) is 0.156. The molecule has 8 N–H and O–H groups in total. The number of hydrogen-bond donors (Lipinski definition) is 6. The Morgan fingerprint density at radius 3 is 2.26 bits per heavy atom. The van der Waals surface area contributed by atoms with Crippen LogP contribution in [0.3, 0.4) is 0 Å². The molecule has 0 aromatic carbocycles. The molecular formula is C43H80N8O2. The topological polar surface area (TPSA) is 133 Å². The number of Topliss-reactive ketones (excluding diaryl/α,β-unsaturated/α-hetero) is 1. The Morgan fingerprint density at radius 2 is 1.60 bits per heavy atom. The molecule has 14 atom stereocenters. The highest BCUT2D eigenvalue weighted by molar-refractivity contribution is 5.96. The van der Waals surface area contributed by atoms with Crippen molar-refractivity contribution in [1.82, 2.24) is 31.1 Å². The van der Waals surface area contributed by atoms with Crippen molar-refractivity contribution in [2.24, 2.45) is 46.0 Å². The number of unbranched alkanes of at least 4 members (excludes halogenated alkanes) is 3. The van der Waals surface area contributed by atoms with Crippen LogP contribution in [0.5, 0.6) is 0 Å². The molecule has 0 aromatic rings. The van der Waals surface area contributed by atoms with Gasteiger partial charge in [0.1, 0.15) is 0 Å². The molecule has 7 fully saturated rings. The number of nitrogens with two attached hydrogens (primary N) is 2. The summed E-state index contributed by atoms with van der Waals surface area (Å²) in [7, 11) is 2.38. The lowest BCUT2D eigenvalue weighted by molar-refractivity contribution is -0.145. The first kappa shape index (κ1) is 40.5. The molecule has 10 heteroatoms. The minimum absolute atomic E-state index is 0.00790. The zero-order valence-electron chi connectivity index (χ0n) is 34.8. The molecule has 7 rings (SSSR count). The zero-order valence-corrected chi connectivity index (χ0v) is 34.8. The third kappa shape index (κ3) is 6.81. The summed E-state index contributed by atoms with van der Waals surface area (Å²) in [6.45, 7) is 19.1. The van der Waals surface area contributed by atoms with Gasteiger partial charge < -0.3 is 42.4 Å². The second-order valence-electron chi connectivity index (χ2n) is 19.7. The summed E-state index contributed by atoms with van der Waals surface area (Å²) in [4.78, 5) is 22.4. The summed E-state index contributed by atoms with van der Waals surface area (Å²) in [5.41, 5.74) is 11.7. The molecule has 7 aliphatic rings. The van der Waals surface area contributed by atoms with Gasteiger partial charge in [-0.2, -0.15) is 0 Å². The van der Waals surface area contributed by atoms with E-state index in [-0.39, 0.29) is 72.4 Å². The molecule has 0 radical (unpaired) electrons. The van der Waals surface area contributed by atoms with Gasteiger partial charge in [-0.15, -0.1) is 0 Å². The number of ether oxygens (including phenoxy) is 1. The predicted octanol–water partition coefficient (Wildman–Crippen LogP) is 3.47. The fourth-order valence-electron chi connectivity index (χ4n) is 13.8. The van der Waals surface area contributed by atoms with Crippen molar-refractivity contribution < 1.29 is 9.53 Å². The number of nitrogens with one attached hydrogen (secondary N) is 4. The second-order valence-corrected chi connectivity index (χ2v) is 19.7. The Balaban J connectivity index is 1.42. The summed E-state index contributed by atoms with van der Waals surface area (Å²) in [5.74, 6) is 2.38. The van der Waals surface area contributed by atoms with Crippen LogP contribution >= 0.6 is 0 Å². The molecule has 0 aromatic heterocycles. The first-order valence-corrected chi connectivity index (χ1v) is 22.6. The second kappa shape index (κ2) is 16.7. The molecule has 10 nitrogen and oxygen atoms in total. The van der Waals surface area contributed by atoms with E-state index in [1.807, 2.05) is 0 Å². The maximum absolute atomic E-state index is 17.1. The molecular weight excluding hydrogens is 661 g/mol. The zero-order chi connectivity index (χ0) is 37.7. The Labute approximate surface area is 323 Å². The van der Waals surface area contributed by atoms with Crippen LogP contribution in [-0.4, -0.2) is 128 Å². The monoisotopic (exact) mass is 741 g/mol. The van der Waals surface area contributed by atoms with Gasteiger partial charge in [-0.05, 0) is 76.3 Å². The summed E-state index contributed by atoms with van der Waals surface area (Å²) in [6, 6.07) is 0.895. The van der Waals surface area contributed by atoms with Gasteiger partial charge >= 0.3 is 0 Å². The smallest absolute Gasteiger partial charge is 0.153 e. The van der Waals surface area contributed by atoms with Crippen molar-refractivity contribution in [2.45, 2.75) is 185 Å². The Hall–Kier alpha value is -0.690. The standard InChI is InChI=1S/C43H80N8O2/c1-8-10-11-15-18-34-28(6)40-42(9-2)38(33(50(40)7)19-26(3)4)49-35(30-16-13-12-14-17-30)39-43(41(42)52)36(31(21-45)47-39)48-32(24-51-22-29(20-44)23-51)37(43)46-27(5)25-53-34/h26-40,46-49H,8-25,44-45H2,1-7H3/t27-,28?,31+,32?,33+,34-,35+,36?,37?,38?,39?,40?,42?,43?/m1/s1. The summed E-state index contributed by atoms with van der Waals surface area (Å²) < 4.78 is 7.15. The van der Waals surface area contributed by atoms with Gasteiger partial charge in [-0.3, -0.25) is 9.69 Å². The number of carbonyl (C=O) groups excluding carboxylic acids is 1. The van der Waals surface area contributed by atoms with Crippen LogP contribution in [0.25, 0.3) is 0 Å². The third-order valence-corrected chi connectivity index (χ3v) is 16.1. The Bertz CT molecular complexity index is 1230. The van der Waals surface area contributed by atoms with Crippen molar-refractivity contribution >= 4 is 5.78 Å². The van der Waals surface area contributed by atoms with E-state index in [0.29, 0.717) is 36.7 Å². The van der Waals surface area contributed by atoms with E-state index in [4.69, 9.17) is 16.2 Å². The Kier molecular flexibility index (Phi) is 12.7. The van der Waals surface area contributed by atoms with E-state index in [2.05, 4.69) is 79.7 Å². The van der Waals surface area contributed by atoms with Crippen LogP contribution in [-0.2, 0) is 9.53 Å². The fraction of sp³-hybridized carbons (Fsp3) is 0.977.